The summed E-state index contributed by atoms with van der Waals surface area (Å²) in [5.74, 6) is -5.23. The van der Waals surface area contributed by atoms with Gasteiger partial charge in [-0.25, -0.2) is 9.78 Å². The van der Waals surface area contributed by atoms with E-state index in [1.807, 2.05) is 0 Å². The van der Waals surface area contributed by atoms with Crippen molar-refractivity contribution in [1.82, 2.24) is 25.9 Å². The second-order valence-corrected chi connectivity index (χ2v) is 7.71. The molecule has 4 unspecified atom stereocenters. The molecular weight excluding hydrogens is 480 g/mol. The Labute approximate surface area is 205 Å². The molecule has 1 aromatic rings. The molecule has 0 bridgehead atoms. The highest BCUT2D eigenvalue weighted by molar-refractivity contribution is 5.96. The van der Waals surface area contributed by atoms with E-state index in [1.165, 1.54) is 12.5 Å². The Bertz CT molecular complexity index is 933. The van der Waals surface area contributed by atoms with Gasteiger partial charge in [0.25, 0.3) is 0 Å². The fourth-order valence-corrected chi connectivity index (χ4v) is 2.90. The average Bonchev–Trinajstić information content (AvgIpc) is 3.31. The van der Waals surface area contributed by atoms with Crippen molar-refractivity contribution >= 4 is 35.6 Å². The molecule has 1 heterocycles. The van der Waals surface area contributed by atoms with Gasteiger partial charge in [0, 0.05) is 24.9 Å². The Morgan fingerprint density at radius 1 is 1.00 bits per heavy atom. The number of H-pyrrole nitrogens is 1. The molecule has 0 radical (unpaired) electrons. The normalized spacial score (nSPS) is 13.9. The number of aromatic nitrogens is 2. The maximum atomic E-state index is 13.0. The van der Waals surface area contributed by atoms with E-state index in [4.69, 9.17) is 28.0 Å². The topological polar surface area (TPSA) is 307 Å². The van der Waals surface area contributed by atoms with E-state index >= 15 is 0 Å². The summed E-state index contributed by atoms with van der Waals surface area (Å²) in [5.41, 5.74) is 21.5. The lowest BCUT2D eigenvalue weighted by Gasteiger charge is -2.24. The second kappa shape index (κ2) is 14.9. The molecule has 0 saturated carbocycles. The summed E-state index contributed by atoms with van der Waals surface area (Å²) in [5, 5.41) is 25.4. The number of primary amides is 1. The van der Waals surface area contributed by atoms with Gasteiger partial charge in [0.05, 0.1) is 19.4 Å². The molecule has 4 amide bonds. The van der Waals surface area contributed by atoms with Crippen LogP contribution in [-0.2, 0) is 30.4 Å². The molecule has 17 nitrogen and oxygen atoms in total. The van der Waals surface area contributed by atoms with E-state index in [2.05, 4.69) is 30.9 Å². The fraction of sp³-hybridized carbons (Fsp3) is 0.526. The molecule has 17 heteroatoms. The number of nitrogens with two attached hydrogens (primary N) is 4. The van der Waals surface area contributed by atoms with Gasteiger partial charge in [0.2, 0.25) is 23.6 Å². The highest BCUT2D eigenvalue weighted by atomic mass is 16.4. The number of aliphatic carboxylic acids is 1. The summed E-state index contributed by atoms with van der Waals surface area (Å²) in [7, 11) is 0. The molecule has 0 spiro atoms. The van der Waals surface area contributed by atoms with E-state index in [1.54, 1.807) is 0 Å². The van der Waals surface area contributed by atoms with E-state index < -0.39 is 66.8 Å². The third kappa shape index (κ3) is 10.8. The number of aliphatic hydroxyl groups is 1. The number of guanidine groups is 1. The monoisotopic (exact) mass is 512 g/mol. The SMILES string of the molecule is NC(=O)CC(NC(=O)C(Cc1cnc[nH]1)NC(=O)C(N)CO)C(=O)NC(CCCN=C(N)N)C(=O)O. The zero-order valence-corrected chi connectivity index (χ0v) is 19.3. The first-order valence-electron chi connectivity index (χ1n) is 10.8. The van der Waals surface area contributed by atoms with Crippen molar-refractivity contribution in [1.29, 1.82) is 0 Å². The number of rotatable bonds is 16. The largest absolute Gasteiger partial charge is 0.480 e. The molecule has 0 aliphatic carbocycles. The molecule has 0 aromatic carbocycles. The third-order valence-corrected chi connectivity index (χ3v) is 4.74. The quantitative estimate of drug-likeness (QED) is 0.0566. The van der Waals surface area contributed by atoms with Crippen molar-refractivity contribution in [2.24, 2.45) is 27.9 Å². The average molecular weight is 513 g/mol. The number of hydrogen-bond acceptors (Lipinski definition) is 9. The maximum absolute atomic E-state index is 13.0. The van der Waals surface area contributed by atoms with Crippen molar-refractivity contribution in [2.75, 3.05) is 13.2 Å². The van der Waals surface area contributed by atoms with Crippen LogP contribution in [-0.4, -0.2) is 93.1 Å². The minimum atomic E-state index is -1.55. The van der Waals surface area contributed by atoms with Crippen LogP contribution in [0.2, 0.25) is 0 Å². The summed E-state index contributed by atoms with van der Waals surface area (Å²) < 4.78 is 0. The van der Waals surface area contributed by atoms with Gasteiger partial charge >= 0.3 is 5.97 Å². The van der Waals surface area contributed by atoms with Gasteiger partial charge in [0.15, 0.2) is 5.96 Å². The molecule has 1 rings (SSSR count). The minimum absolute atomic E-state index is 0.0490. The summed E-state index contributed by atoms with van der Waals surface area (Å²) in [6, 6.07) is -5.54. The van der Waals surface area contributed by atoms with Crippen LogP contribution >= 0.6 is 0 Å². The van der Waals surface area contributed by atoms with Gasteiger partial charge in [-0.1, -0.05) is 0 Å². The van der Waals surface area contributed by atoms with E-state index in [9.17, 15) is 29.1 Å². The molecule has 1 aromatic heterocycles. The predicted molar refractivity (Wildman–Crippen MR) is 125 cm³/mol. The fourth-order valence-electron chi connectivity index (χ4n) is 2.90. The van der Waals surface area contributed by atoms with Crippen molar-refractivity contribution in [2.45, 2.75) is 49.9 Å². The predicted octanol–water partition coefficient (Wildman–Crippen LogP) is -5.26. The van der Waals surface area contributed by atoms with E-state index in [0.717, 1.165) is 0 Å². The van der Waals surface area contributed by atoms with Crippen molar-refractivity contribution in [3.63, 3.8) is 0 Å². The van der Waals surface area contributed by atoms with Gasteiger partial charge in [-0.15, -0.1) is 0 Å². The molecule has 0 fully saturated rings. The molecule has 0 saturated heterocycles. The molecule has 0 aliphatic heterocycles. The van der Waals surface area contributed by atoms with Crippen LogP contribution < -0.4 is 38.9 Å². The van der Waals surface area contributed by atoms with Gasteiger partial charge in [-0.3, -0.25) is 24.2 Å². The number of aromatic amines is 1. The summed E-state index contributed by atoms with van der Waals surface area (Å²) in [6.07, 6.45) is 2.14. The number of nitrogens with one attached hydrogen (secondary N) is 4. The Balaban J connectivity index is 2.99. The number of aliphatic imine (C=N–C) groups is 1. The van der Waals surface area contributed by atoms with E-state index in [0.29, 0.717) is 5.69 Å². The van der Waals surface area contributed by atoms with Gasteiger partial charge in [-0.2, -0.15) is 0 Å². The summed E-state index contributed by atoms with van der Waals surface area (Å²) in [4.78, 5) is 71.3. The molecule has 36 heavy (non-hydrogen) atoms. The number of carbonyl (C=O) groups is 5. The number of carbonyl (C=O) groups excluding carboxylic acids is 4. The van der Waals surface area contributed by atoms with Gasteiger partial charge < -0.3 is 54.1 Å². The highest BCUT2D eigenvalue weighted by Crippen LogP contribution is 2.04. The Hall–Kier alpha value is -4.25. The van der Waals surface area contributed by atoms with Crippen LogP contribution in [0, 0.1) is 0 Å². The minimum Gasteiger partial charge on any atom is -0.480 e. The van der Waals surface area contributed by atoms with Crippen LogP contribution in [0.4, 0.5) is 0 Å². The van der Waals surface area contributed by atoms with Crippen LogP contribution in [0.5, 0.6) is 0 Å². The zero-order chi connectivity index (χ0) is 27.3. The third-order valence-electron chi connectivity index (χ3n) is 4.74. The number of carboxylic acids is 1. The Morgan fingerprint density at radius 3 is 2.14 bits per heavy atom. The first-order valence-corrected chi connectivity index (χ1v) is 10.8. The first kappa shape index (κ1) is 29.8. The molecule has 14 N–H and O–H groups in total. The molecule has 0 aliphatic rings. The van der Waals surface area contributed by atoms with Crippen LogP contribution in [0.25, 0.3) is 0 Å². The second-order valence-electron chi connectivity index (χ2n) is 7.71. The number of aliphatic hydroxyl groups excluding tert-OH is 1. The van der Waals surface area contributed by atoms with Crippen LogP contribution in [0.3, 0.4) is 0 Å². The summed E-state index contributed by atoms with van der Waals surface area (Å²) >= 11 is 0. The lowest BCUT2D eigenvalue weighted by molar-refractivity contribution is -0.142. The van der Waals surface area contributed by atoms with Crippen molar-refractivity contribution < 1.29 is 34.2 Å². The Morgan fingerprint density at radius 2 is 1.61 bits per heavy atom. The maximum Gasteiger partial charge on any atom is 0.326 e. The lowest BCUT2D eigenvalue weighted by Crippen LogP contribution is -2.58. The Kier molecular flexibility index (Phi) is 12.3. The number of carboxylic acid groups (broad SMARTS) is 1. The number of imidazole rings is 1. The smallest absolute Gasteiger partial charge is 0.326 e. The standard InChI is InChI=1S/C19H32N10O7/c20-10(7-30)15(32)28-12(4-9-6-24-8-26-9)16(33)29-13(5-14(21)31)17(34)27-11(18(35)36)2-1-3-25-19(22)23/h6,8,10-13,30H,1-5,7,20H2,(H2,21,31)(H,24,26)(H,27,34)(H,28,32)(H,29,33)(H,35,36)(H4,22,23,25). The number of nitrogens with zero attached hydrogens (tertiary/aromatic N) is 2. The van der Waals surface area contributed by atoms with E-state index in [-0.39, 0.29) is 31.8 Å². The molecule has 200 valence electrons. The highest BCUT2D eigenvalue weighted by Gasteiger charge is 2.31. The first-order chi connectivity index (χ1) is 16.9. The van der Waals surface area contributed by atoms with Gasteiger partial charge in [0.1, 0.15) is 24.2 Å². The zero-order valence-electron chi connectivity index (χ0n) is 19.3. The lowest BCUT2D eigenvalue weighted by atomic mass is 10.1. The van der Waals surface area contributed by atoms with Crippen LogP contribution in [0.15, 0.2) is 17.5 Å². The number of hydrogen-bond donors (Lipinski definition) is 10. The van der Waals surface area contributed by atoms with Gasteiger partial charge in [-0.05, 0) is 12.8 Å². The summed E-state index contributed by atoms with van der Waals surface area (Å²) in [6.45, 7) is -0.564. The number of amides is 4. The van der Waals surface area contributed by atoms with Crippen molar-refractivity contribution in [3.05, 3.63) is 18.2 Å². The van der Waals surface area contributed by atoms with Crippen LogP contribution in [0.1, 0.15) is 25.0 Å². The van der Waals surface area contributed by atoms with Crippen molar-refractivity contribution in [3.8, 4) is 0 Å². The molecule has 4 atom stereocenters. The molecular formula is C19H32N10O7.